The van der Waals surface area contributed by atoms with Gasteiger partial charge in [0.25, 0.3) is 0 Å². The van der Waals surface area contributed by atoms with E-state index in [1.807, 2.05) is 13.0 Å². The third kappa shape index (κ3) is 3.39. The quantitative estimate of drug-likeness (QED) is 0.936. The van der Waals surface area contributed by atoms with Crippen LogP contribution in [-0.4, -0.2) is 37.9 Å². The Bertz CT molecular complexity index is 615. The lowest BCUT2D eigenvalue weighted by atomic mass is 9.99. The summed E-state index contributed by atoms with van der Waals surface area (Å²) in [5.74, 6) is 2.09. The van der Waals surface area contributed by atoms with E-state index < -0.39 is 0 Å². The summed E-state index contributed by atoms with van der Waals surface area (Å²) in [6, 6.07) is 4.21. The van der Waals surface area contributed by atoms with E-state index in [9.17, 15) is 0 Å². The highest BCUT2D eigenvalue weighted by Gasteiger charge is 2.24. The third-order valence-corrected chi connectivity index (χ3v) is 4.02. The fraction of sp³-hybridized carbons (Fsp3) is 0.500. The molecule has 1 aliphatic rings. The first-order valence-electron chi connectivity index (χ1n) is 7.90. The lowest BCUT2D eigenvalue weighted by Gasteiger charge is -2.34. The van der Waals surface area contributed by atoms with Gasteiger partial charge in [-0.3, -0.25) is 4.90 Å². The second-order valence-electron chi connectivity index (χ2n) is 5.56. The Morgan fingerprint density at radius 1 is 1.23 bits per heavy atom. The molecule has 0 spiro atoms. The van der Waals surface area contributed by atoms with Gasteiger partial charge >= 0.3 is 0 Å². The molecule has 3 rings (SSSR count). The van der Waals surface area contributed by atoms with E-state index in [2.05, 4.69) is 37.1 Å². The van der Waals surface area contributed by atoms with E-state index in [1.165, 1.54) is 12.8 Å². The van der Waals surface area contributed by atoms with Gasteiger partial charge in [0.15, 0.2) is 0 Å². The van der Waals surface area contributed by atoms with Crippen molar-refractivity contribution in [2.75, 3.05) is 18.4 Å². The predicted octanol–water partition coefficient (Wildman–Crippen LogP) is 2.87. The number of nitrogens with zero attached hydrogens (tertiary/aromatic N) is 5. The second-order valence-corrected chi connectivity index (χ2v) is 5.56. The van der Waals surface area contributed by atoms with Gasteiger partial charge < -0.3 is 5.32 Å². The number of piperidine rings is 1. The molecule has 116 valence electrons. The molecule has 1 aliphatic heterocycles. The minimum absolute atomic E-state index is 0.387. The van der Waals surface area contributed by atoms with E-state index >= 15 is 0 Å². The average molecular weight is 298 g/mol. The van der Waals surface area contributed by atoms with Gasteiger partial charge in [-0.15, -0.1) is 0 Å². The van der Waals surface area contributed by atoms with Crippen LogP contribution in [0.5, 0.6) is 0 Å². The maximum atomic E-state index is 4.66. The first-order chi connectivity index (χ1) is 10.8. The fourth-order valence-electron chi connectivity index (χ4n) is 3.01. The van der Waals surface area contributed by atoms with Crippen molar-refractivity contribution in [3.8, 4) is 0 Å². The fourth-order valence-corrected chi connectivity index (χ4v) is 3.01. The molecule has 6 heteroatoms. The van der Waals surface area contributed by atoms with E-state index in [-0.39, 0.29) is 0 Å². The van der Waals surface area contributed by atoms with Crippen molar-refractivity contribution >= 4 is 11.8 Å². The molecule has 22 heavy (non-hydrogen) atoms. The van der Waals surface area contributed by atoms with E-state index in [4.69, 9.17) is 0 Å². The Balaban J connectivity index is 1.86. The van der Waals surface area contributed by atoms with E-state index in [1.54, 1.807) is 18.5 Å². The maximum absolute atomic E-state index is 4.66. The summed E-state index contributed by atoms with van der Waals surface area (Å²) < 4.78 is 0. The monoisotopic (exact) mass is 298 g/mol. The highest BCUT2D eigenvalue weighted by molar-refractivity contribution is 5.48. The summed E-state index contributed by atoms with van der Waals surface area (Å²) >= 11 is 0. The Hall–Kier alpha value is -2.08. The summed E-state index contributed by atoms with van der Waals surface area (Å²) in [5, 5.41) is 3.17. The molecule has 0 bridgehead atoms. The lowest BCUT2D eigenvalue weighted by Crippen LogP contribution is -2.33. The number of hydrogen-bond acceptors (Lipinski definition) is 6. The highest BCUT2D eigenvalue weighted by Crippen LogP contribution is 2.30. The summed E-state index contributed by atoms with van der Waals surface area (Å²) in [5.41, 5.74) is 1.09. The van der Waals surface area contributed by atoms with Crippen molar-refractivity contribution in [3.05, 3.63) is 36.0 Å². The molecular formula is C16H22N6. The van der Waals surface area contributed by atoms with E-state index in [0.29, 0.717) is 12.0 Å². The Morgan fingerprint density at radius 3 is 2.82 bits per heavy atom. The number of anilines is 2. The number of nitrogens with one attached hydrogen (secondary N) is 1. The minimum Gasteiger partial charge on any atom is -0.309 e. The van der Waals surface area contributed by atoms with Gasteiger partial charge in [0.1, 0.15) is 11.6 Å². The Kier molecular flexibility index (Phi) is 4.58. The lowest BCUT2D eigenvalue weighted by molar-refractivity contribution is 0.153. The van der Waals surface area contributed by atoms with Crippen LogP contribution in [0.3, 0.4) is 0 Å². The number of hydrogen-bond donors (Lipinski definition) is 1. The molecule has 3 heterocycles. The van der Waals surface area contributed by atoms with Gasteiger partial charge in [0, 0.05) is 18.5 Å². The normalized spacial score (nSPS) is 19.1. The molecule has 0 saturated carbocycles. The van der Waals surface area contributed by atoms with Gasteiger partial charge in [-0.1, -0.05) is 13.3 Å². The van der Waals surface area contributed by atoms with Crippen LogP contribution in [0.15, 0.2) is 24.5 Å². The van der Waals surface area contributed by atoms with Gasteiger partial charge in [0.2, 0.25) is 5.95 Å². The molecule has 0 radical (unpaired) electrons. The topological polar surface area (TPSA) is 66.8 Å². The Labute approximate surface area is 131 Å². The average Bonchev–Trinajstić information content (AvgIpc) is 2.55. The Morgan fingerprint density at radius 2 is 2.05 bits per heavy atom. The zero-order valence-electron chi connectivity index (χ0n) is 13.2. The minimum atomic E-state index is 0.387. The predicted molar refractivity (Wildman–Crippen MR) is 85.9 cm³/mol. The largest absolute Gasteiger partial charge is 0.309 e. The van der Waals surface area contributed by atoms with Crippen LogP contribution in [0.1, 0.15) is 43.7 Å². The third-order valence-electron chi connectivity index (χ3n) is 4.02. The van der Waals surface area contributed by atoms with Crippen molar-refractivity contribution < 1.29 is 0 Å². The molecule has 1 fully saturated rings. The molecule has 2 aromatic rings. The van der Waals surface area contributed by atoms with Gasteiger partial charge in [-0.05, 0) is 38.9 Å². The van der Waals surface area contributed by atoms with Crippen molar-refractivity contribution in [3.63, 3.8) is 0 Å². The number of rotatable bonds is 4. The molecule has 0 aliphatic carbocycles. The summed E-state index contributed by atoms with van der Waals surface area (Å²) in [7, 11) is 0. The van der Waals surface area contributed by atoms with E-state index in [0.717, 1.165) is 36.8 Å². The zero-order valence-corrected chi connectivity index (χ0v) is 13.2. The summed E-state index contributed by atoms with van der Waals surface area (Å²) in [6.07, 6.45) is 7.12. The van der Waals surface area contributed by atoms with Crippen LogP contribution >= 0.6 is 0 Å². The second kappa shape index (κ2) is 6.79. The number of aromatic nitrogens is 4. The van der Waals surface area contributed by atoms with Crippen LogP contribution in [0.4, 0.5) is 11.8 Å². The molecule has 1 unspecified atom stereocenters. The van der Waals surface area contributed by atoms with Crippen LogP contribution in [0.25, 0.3) is 0 Å². The maximum Gasteiger partial charge on any atom is 0.228 e. The van der Waals surface area contributed by atoms with Gasteiger partial charge in [0.05, 0.1) is 11.7 Å². The smallest absolute Gasteiger partial charge is 0.228 e. The zero-order chi connectivity index (χ0) is 15.4. The standard InChI is InChI=1S/C16H22N6/c1-3-22-10-5-4-7-14(22)13-11-15(20-12(2)19-13)21-16-17-8-6-9-18-16/h6,8-9,11,14H,3-5,7,10H2,1-2H3,(H,17,18,19,20,21). The molecule has 0 aromatic carbocycles. The van der Waals surface area contributed by atoms with Gasteiger partial charge in [-0.2, -0.15) is 0 Å². The molecule has 1 N–H and O–H groups in total. The molecular weight excluding hydrogens is 276 g/mol. The number of aryl methyl sites for hydroxylation is 1. The summed E-state index contributed by atoms with van der Waals surface area (Å²) in [4.78, 5) is 20.0. The van der Waals surface area contributed by atoms with Crippen molar-refractivity contribution in [1.29, 1.82) is 0 Å². The van der Waals surface area contributed by atoms with Crippen LogP contribution < -0.4 is 5.32 Å². The SMILES string of the molecule is CCN1CCCCC1c1cc(Nc2ncccn2)nc(C)n1. The summed E-state index contributed by atoms with van der Waals surface area (Å²) in [6.45, 7) is 6.34. The van der Waals surface area contributed by atoms with Gasteiger partial charge in [-0.25, -0.2) is 19.9 Å². The molecule has 1 saturated heterocycles. The van der Waals surface area contributed by atoms with Crippen molar-refractivity contribution in [1.82, 2.24) is 24.8 Å². The molecule has 2 aromatic heterocycles. The van der Waals surface area contributed by atoms with Crippen LogP contribution in [-0.2, 0) is 0 Å². The molecule has 6 nitrogen and oxygen atoms in total. The van der Waals surface area contributed by atoms with Crippen molar-refractivity contribution in [2.24, 2.45) is 0 Å². The molecule has 1 atom stereocenters. The van der Waals surface area contributed by atoms with Crippen molar-refractivity contribution in [2.45, 2.75) is 39.2 Å². The first kappa shape index (κ1) is 14.8. The van der Waals surface area contributed by atoms with Crippen LogP contribution in [0.2, 0.25) is 0 Å². The highest BCUT2D eigenvalue weighted by atomic mass is 15.2. The first-order valence-corrected chi connectivity index (χ1v) is 7.90. The number of likely N-dealkylation sites (tertiary alicyclic amines) is 1. The van der Waals surface area contributed by atoms with Crippen LogP contribution in [0, 0.1) is 6.92 Å². The molecule has 0 amide bonds.